The highest BCUT2D eigenvalue weighted by Crippen LogP contribution is 2.25. The van der Waals surface area contributed by atoms with Crippen LogP contribution in [0.15, 0.2) is 24.4 Å². The Hall–Kier alpha value is -2.02. The molecule has 0 atom stereocenters. The van der Waals surface area contributed by atoms with E-state index in [-0.39, 0.29) is 18.3 Å². The van der Waals surface area contributed by atoms with Crippen LogP contribution in [0.2, 0.25) is 0 Å². The second-order valence-corrected chi connectivity index (χ2v) is 10.8. The Balaban J connectivity index is 1.60. The molecule has 148 valence electrons. The SMILES string of the molecule is Cc1ccc2c(CCNC(=O)N3CCC(C)(C)S(=O)(=O)CC3)cn(C)c2c1. The minimum absolute atomic E-state index is 0.0239. The fraction of sp³-hybridized carbons (Fsp3) is 0.550. The fourth-order valence-electron chi connectivity index (χ4n) is 3.57. The highest BCUT2D eigenvalue weighted by atomic mass is 32.2. The second-order valence-electron chi connectivity index (χ2n) is 8.08. The molecule has 0 bridgehead atoms. The molecule has 1 saturated heterocycles. The van der Waals surface area contributed by atoms with Gasteiger partial charge in [-0.1, -0.05) is 12.1 Å². The maximum Gasteiger partial charge on any atom is 0.317 e. The summed E-state index contributed by atoms with van der Waals surface area (Å²) in [4.78, 5) is 14.1. The maximum absolute atomic E-state index is 12.5. The zero-order valence-electron chi connectivity index (χ0n) is 16.6. The molecule has 3 rings (SSSR count). The van der Waals surface area contributed by atoms with Gasteiger partial charge in [0.25, 0.3) is 0 Å². The number of hydrogen-bond donors (Lipinski definition) is 1. The van der Waals surface area contributed by atoms with Crippen LogP contribution in [0.4, 0.5) is 4.79 Å². The van der Waals surface area contributed by atoms with E-state index in [9.17, 15) is 13.2 Å². The first-order valence-corrected chi connectivity index (χ1v) is 11.1. The second kappa shape index (κ2) is 7.19. The number of nitrogens with one attached hydrogen (secondary N) is 1. The normalized spacial score (nSPS) is 19.0. The fourth-order valence-corrected chi connectivity index (χ4v) is 4.99. The zero-order chi connectivity index (χ0) is 19.8. The molecule has 0 radical (unpaired) electrons. The summed E-state index contributed by atoms with van der Waals surface area (Å²) >= 11 is 0. The number of amides is 2. The van der Waals surface area contributed by atoms with Crippen LogP contribution in [0, 0.1) is 6.92 Å². The van der Waals surface area contributed by atoms with Crippen molar-refractivity contribution >= 4 is 26.8 Å². The van der Waals surface area contributed by atoms with E-state index in [4.69, 9.17) is 0 Å². The molecule has 1 aromatic heterocycles. The summed E-state index contributed by atoms with van der Waals surface area (Å²) in [5.74, 6) is 0.0239. The highest BCUT2D eigenvalue weighted by molar-refractivity contribution is 7.92. The van der Waals surface area contributed by atoms with Crippen LogP contribution in [0.1, 0.15) is 31.4 Å². The van der Waals surface area contributed by atoms with E-state index in [1.165, 1.54) is 22.0 Å². The predicted molar refractivity (Wildman–Crippen MR) is 109 cm³/mol. The van der Waals surface area contributed by atoms with Gasteiger partial charge in [-0.2, -0.15) is 0 Å². The Morgan fingerprint density at radius 1 is 1.26 bits per heavy atom. The molecule has 7 heteroatoms. The highest BCUT2D eigenvalue weighted by Gasteiger charge is 2.37. The molecule has 2 amide bonds. The summed E-state index contributed by atoms with van der Waals surface area (Å²) in [5, 5.41) is 4.16. The summed E-state index contributed by atoms with van der Waals surface area (Å²) in [5.41, 5.74) is 3.62. The van der Waals surface area contributed by atoms with E-state index < -0.39 is 14.6 Å². The number of rotatable bonds is 3. The number of hydrogen-bond acceptors (Lipinski definition) is 3. The minimum atomic E-state index is -3.18. The first-order valence-electron chi connectivity index (χ1n) is 9.40. The number of aromatic nitrogens is 1. The molecular formula is C20H29N3O3S. The van der Waals surface area contributed by atoms with Gasteiger partial charge < -0.3 is 14.8 Å². The number of nitrogens with zero attached hydrogens (tertiary/aromatic N) is 2. The number of urea groups is 1. The first-order chi connectivity index (χ1) is 12.6. The van der Waals surface area contributed by atoms with Crippen molar-refractivity contribution in [2.75, 3.05) is 25.4 Å². The Kier molecular flexibility index (Phi) is 5.25. The number of fused-ring (bicyclic) bond motifs is 1. The molecule has 1 N–H and O–H groups in total. The van der Waals surface area contributed by atoms with Crippen molar-refractivity contribution in [2.24, 2.45) is 7.05 Å². The van der Waals surface area contributed by atoms with Gasteiger partial charge in [0.15, 0.2) is 9.84 Å². The van der Waals surface area contributed by atoms with Crippen LogP contribution < -0.4 is 5.32 Å². The molecule has 0 unspecified atom stereocenters. The molecule has 1 aliphatic rings. The third-order valence-electron chi connectivity index (χ3n) is 5.64. The van der Waals surface area contributed by atoms with E-state index in [1.807, 2.05) is 7.05 Å². The van der Waals surface area contributed by atoms with Crippen LogP contribution in [-0.2, 0) is 23.3 Å². The molecule has 1 fully saturated rings. The molecule has 2 aromatic rings. The van der Waals surface area contributed by atoms with Gasteiger partial charge >= 0.3 is 6.03 Å². The van der Waals surface area contributed by atoms with Gasteiger partial charge in [0.05, 0.1) is 10.5 Å². The Morgan fingerprint density at radius 2 is 2.00 bits per heavy atom. The molecule has 0 spiro atoms. The molecule has 2 heterocycles. The molecule has 1 aliphatic heterocycles. The van der Waals surface area contributed by atoms with E-state index in [1.54, 1.807) is 18.7 Å². The Bertz CT molecular complexity index is 960. The van der Waals surface area contributed by atoms with Gasteiger partial charge in [-0.15, -0.1) is 0 Å². The average molecular weight is 392 g/mol. The van der Waals surface area contributed by atoms with Gasteiger partial charge in [-0.3, -0.25) is 0 Å². The van der Waals surface area contributed by atoms with E-state index in [0.29, 0.717) is 19.5 Å². The molecular weight excluding hydrogens is 362 g/mol. The topological polar surface area (TPSA) is 71.4 Å². The molecule has 1 aromatic carbocycles. The maximum atomic E-state index is 12.5. The molecule has 6 nitrogen and oxygen atoms in total. The summed E-state index contributed by atoms with van der Waals surface area (Å²) in [6, 6.07) is 6.21. The number of benzene rings is 1. The minimum Gasteiger partial charge on any atom is -0.350 e. The van der Waals surface area contributed by atoms with Crippen molar-refractivity contribution < 1.29 is 13.2 Å². The van der Waals surface area contributed by atoms with Crippen LogP contribution >= 0.6 is 0 Å². The van der Waals surface area contributed by atoms with Crippen molar-refractivity contribution in [3.8, 4) is 0 Å². The van der Waals surface area contributed by atoms with E-state index >= 15 is 0 Å². The average Bonchev–Trinajstić information content (AvgIpc) is 2.84. The number of carbonyl (C=O) groups is 1. The summed E-state index contributed by atoms with van der Waals surface area (Å²) in [7, 11) is -1.15. The Labute approximate surface area is 161 Å². The largest absolute Gasteiger partial charge is 0.350 e. The Morgan fingerprint density at radius 3 is 2.74 bits per heavy atom. The smallest absolute Gasteiger partial charge is 0.317 e. The lowest BCUT2D eigenvalue weighted by atomic mass is 10.1. The van der Waals surface area contributed by atoms with Crippen LogP contribution in [0.3, 0.4) is 0 Å². The number of sulfone groups is 1. The zero-order valence-corrected chi connectivity index (χ0v) is 17.4. The van der Waals surface area contributed by atoms with Gasteiger partial charge in [0.1, 0.15) is 0 Å². The van der Waals surface area contributed by atoms with Gasteiger partial charge in [0.2, 0.25) is 0 Å². The van der Waals surface area contributed by atoms with Crippen LogP contribution in [0.5, 0.6) is 0 Å². The van der Waals surface area contributed by atoms with Crippen LogP contribution in [-0.4, -0.2) is 54.1 Å². The number of aryl methyl sites for hydroxylation is 2. The first kappa shape index (κ1) is 19.7. The predicted octanol–water partition coefficient (Wildman–Crippen LogP) is 2.64. The third-order valence-corrected chi connectivity index (χ3v) is 8.25. The lowest BCUT2D eigenvalue weighted by molar-refractivity contribution is 0.200. The van der Waals surface area contributed by atoms with Gasteiger partial charge in [-0.05, 0) is 50.8 Å². The summed E-state index contributed by atoms with van der Waals surface area (Å²) < 4.78 is 25.9. The van der Waals surface area contributed by atoms with Crippen molar-refractivity contribution in [3.05, 3.63) is 35.5 Å². The van der Waals surface area contributed by atoms with Crippen molar-refractivity contribution in [1.29, 1.82) is 0 Å². The van der Waals surface area contributed by atoms with Gasteiger partial charge in [0, 0.05) is 43.8 Å². The third kappa shape index (κ3) is 3.98. The lowest BCUT2D eigenvalue weighted by Crippen LogP contribution is -2.42. The quantitative estimate of drug-likeness (QED) is 0.874. The van der Waals surface area contributed by atoms with Crippen molar-refractivity contribution in [1.82, 2.24) is 14.8 Å². The lowest BCUT2D eigenvalue weighted by Gasteiger charge is -2.22. The van der Waals surface area contributed by atoms with Crippen molar-refractivity contribution in [3.63, 3.8) is 0 Å². The molecule has 0 saturated carbocycles. The number of carbonyl (C=O) groups excluding carboxylic acids is 1. The molecule has 0 aliphatic carbocycles. The molecule has 27 heavy (non-hydrogen) atoms. The summed E-state index contributed by atoms with van der Waals surface area (Å²) in [6.45, 7) is 6.81. The van der Waals surface area contributed by atoms with Crippen LogP contribution in [0.25, 0.3) is 10.9 Å². The van der Waals surface area contributed by atoms with E-state index in [0.717, 1.165) is 6.42 Å². The van der Waals surface area contributed by atoms with Gasteiger partial charge in [-0.25, -0.2) is 13.2 Å². The monoisotopic (exact) mass is 391 g/mol. The van der Waals surface area contributed by atoms with E-state index in [2.05, 4.69) is 41.2 Å². The van der Waals surface area contributed by atoms with Crippen molar-refractivity contribution in [2.45, 2.75) is 38.4 Å². The standard InChI is InChI=1S/C20H29N3O3S/c1-15-5-6-17-16(14-22(4)18(17)13-15)7-9-21-19(24)23-10-8-20(2,3)27(25,26)12-11-23/h5-6,13-14H,7-12H2,1-4H3,(H,21,24). The summed E-state index contributed by atoms with van der Waals surface area (Å²) in [6.07, 6.45) is 3.31.